The predicted octanol–water partition coefficient (Wildman–Crippen LogP) is 3.14. The van der Waals surface area contributed by atoms with Crippen LogP contribution in [0.3, 0.4) is 0 Å². The molecule has 0 radical (unpaired) electrons. The molecule has 164 valence electrons. The van der Waals surface area contributed by atoms with Crippen LogP contribution in [-0.4, -0.2) is 55.0 Å². The third-order valence-electron chi connectivity index (χ3n) is 4.35. The number of rotatable bonds is 7. The molecule has 3 aromatic rings. The van der Waals surface area contributed by atoms with E-state index in [0.29, 0.717) is 18.0 Å². The SMILES string of the molecule is CCN(C(=O)c1ncccc1-n1nccn1)[C@@H](C)COc1ncc(C(F)(F)F)cc1F. The van der Waals surface area contributed by atoms with E-state index in [-0.39, 0.29) is 18.8 Å². The summed E-state index contributed by atoms with van der Waals surface area (Å²) in [5.41, 5.74) is -0.739. The molecule has 0 N–H and O–H groups in total. The molecule has 0 saturated carbocycles. The molecule has 3 rings (SSSR count). The van der Waals surface area contributed by atoms with Crippen molar-refractivity contribution in [3.8, 4) is 11.6 Å². The topological polar surface area (TPSA) is 86.0 Å². The minimum Gasteiger partial charge on any atom is -0.473 e. The average molecular weight is 438 g/mol. The van der Waals surface area contributed by atoms with E-state index < -0.39 is 35.4 Å². The standard InChI is InChI=1S/C19H18F4N6O2/c1-3-28(18(30)16-15(5-4-6-24-16)29-26-7-8-27-29)12(2)11-31-17-14(20)9-13(10-25-17)19(21,22)23/h4-10,12H,3,11H2,1-2H3/t12-/m0/s1. The number of pyridine rings is 2. The fourth-order valence-corrected chi connectivity index (χ4v) is 2.83. The first-order valence-electron chi connectivity index (χ1n) is 9.20. The van der Waals surface area contributed by atoms with Crippen molar-refractivity contribution in [1.82, 2.24) is 29.9 Å². The molecule has 0 saturated heterocycles. The minimum atomic E-state index is -4.71. The molecule has 3 aromatic heterocycles. The highest BCUT2D eigenvalue weighted by atomic mass is 19.4. The molecule has 0 unspecified atom stereocenters. The summed E-state index contributed by atoms with van der Waals surface area (Å²) in [6.45, 7) is 3.46. The van der Waals surface area contributed by atoms with Crippen molar-refractivity contribution in [2.45, 2.75) is 26.1 Å². The molecule has 1 amide bonds. The largest absolute Gasteiger partial charge is 0.473 e. The zero-order chi connectivity index (χ0) is 22.6. The molecule has 0 aromatic carbocycles. The van der Waals surface area contributed by atoms with Crippen LogP contribution in [0.15, 0.2) is 43.0 Å². The van der Waals surface area contributed by atoms with E-state index in [9.17, 15) is 22.4 Å². The quantitative estimate of drug-likeness (QED) is 0.527. The van der Waals surface area contributed by atoms with Gasteiger partial charge in [-0.1, -0.05) is 0 Å². The molecular weight excluding hydrogens is 420 g/mol. The van der Waals surface area contributed by atoms with Gasteiger partial charge in [-0.05, 0) is 32.0 Å². The lowest BCUT2D eigenvalue weighted by molar-refractivity contribution is -0.138. The number of carbonyl (C=O) groups excluding carboxylic acids is 1. The number of ether oxygens (including phenoxy) is 1. The van der Waals surface area contributed by atoms with Crippen molar-refractivity contribution in [2.75, 3.05) is 13.2 Å². The fourth-order valence-electron chi connectivity index (χ4n) is 2.83. The van der Waals surface area contributed by atoms with E-state index in [2.05, 4.69) is 20.2 Å². The molecule has 0 aliphatic carbocycles. The van der Waals surface area contributed by atoms with Gasteiger partial charge in [0.15, 0.2) is 11.5 Å². The smallest absolute Gasteiger partial charge is 0.417 e. The Morgan fingerprint density at radius 2 is 1.94 bits per heavy atom. The second-order valence-electron chi connectivity index (χ2n) is 6.45. The molecular formula is C19H18F4N6O2. The van der Waals surface area contributed by atoms with Crippen LogP contribution in [0.25, 0.3) is 5.69 Å². The molecule has 3 heterocycles. The first-order valence-corrected chi connectivity index (χ1v) is 9.20. The first kappa shape index (κ1) is 22.1. The maximum absolute atomic E-state index is 14.0. The van der Waals surface area contributed by atoms with Crippen LogP contribution in [0.4, 0.5) is 17.6 Å². The maximum atomic E-state index is 14.0. The molecule has 1 atom stereocenters. The Kier molecular flexibility index (Phi) is 6.47. The molecule has 31 heavy (non-hydrogen) atoms. The Morgan fingerprint density at radius 1 is 1.23 bits per heavy atom. The number of alkyl halides is 3. The van der Waals surface area contributed by atoms with E-state index >= 15 is 0 Å². The summed E-state index contributed by atoms with van der Waals surface area (Å²) >= 11 is 0. The normalized spacial score (nSPS) is 12.5. The average Bonchev–Trinajstić information content (AvgIpc) is 3.27. The lowest BCUT2D eigenvalue weighted by Gasteiger charge is -2.28. The van der Waals surface area contributed by atoms with E-state index in [4.69, 9.17) is 4.74 Å². The Balaban J connectivity index is 1.74. The summed E-state index contributed by atoms with van der Waals surface area (Å²) in [7, 11) is 0. The predicted molar refractivity (Wildman–Crippen MR) is 100 cm³/mol. The zero-order valence-corrected chi connectivity index (χ0v) is 16.5. The summed E-state index contributed by atoms with van der Waals surface area (Å²) in [6.07, 6.45) is 0.149. The van der Waals surface area contributed by atoms with Gasteiger partial charge in [0.1, 0.15) is 12.3 Å². The maximum Gasteiger partial charge on any atom is 0.417 e. The van der Waals surface area contributed by atoms with Gasteiger partial charge in [0, 0.05) is 18.9 Å². The third kappa shape index (κ3) is 4.95. The second kappa shape index (κ2) is 9.06. The van der Waals surface area contributed by atoms with Crippen LogP contribution in [0.2, 0.25) is 0 Å². The molecule has 0 spiro atoms. The van der Waals surface area contributed by atoms with Crippen LogP contribution in [-0.2, 0) is 6.18 Å². The van der Waals surface area contributed by atoms with Gasteiger partial charge in [-0.3, -0.25) is 4.79 Å². The summed E-state index contributed by atoms with van der Waals surface area (Å²) < 4.78 is 57.1. The Bertz CT molecular complexity index is 1040. The van der Waals surface area contributed by atoms with Crippen LogP contribution >= 0.6 is 0 Å². The first-order chi connectivity index (χ1) is 14.7. The summed E-state index contributed by atoms with van der Waals surface area (Å²) in [4.78, 5) is 23.3. The number of aromatic nitrogens is 5. The minimum absolute atomic E-state index is 0.103. The van der Waals surface area contributed by atoms with Crippen molar-refractivity contribution in [3.05, 3.63) is 60.1 Å². The fraction of sp³-hybridized carbons (Fsp3) is 0.316. The van der Waals surface area contributed by atoms with E-state index in [1.165, 1.54) is 28.3 Å². The third-order valence-corrected chi connectivity index (χ3v) is 4.35. The highest BCUT2D eigenvalue weighted by molar-refractivity contribution is 5.95. The number of likely N-dealkylation sites (N-methyl/N-ethyl adjacent to an activating group) is 1. The van der Waals surface area contributed by atoms with Gasteiger partial charge >= 0.3 is 6.18 Å². The summed E-state index contributed by atoms with van der Waals surface area (Å²) in [6, 6.07) is 3.02. The Hall–Kier alpha value is -3.57. The van der Waals surface area contributed by atoms with Crippen LogP contribution < -0.4 is 4.74 Å². The van der Waals surface area contributed by atoms with Crippen LogP contribution in [0.5, 0.6) is 5.88 Å². The molecule has 12 heteroatoms. The lowest BCUT2D eigenvalue weighted by atomic mass is 10.2. The highest BCUT2D eigenvalue weighted by Gasteiger charge is 2.32. The number of hydrogen-bond donors (Lipinski definition) is 0. The van der Waals surface area contributed by atoms with Crippen molar-refractivity contribution < 1.29 is 27.1 Å². The molecule has 8 nitrogen and oxygen atoms in total. The van der Waals surface area contributed by atoms with Crippen molar-refractivity contribution >= 4 is 5.91 Å². The van der Waals surface area contributed by atoms with Crippen molar-refractivity contribution in [2.24, 2.45) is 0 Å². The summed E-state index contributed by atoms with van der Waals surface area (Å²) in [5.74, 6) is -2.26. The van der Waals surface area contributed by atoms with E-state index in [0.717, 1.165) is 0 Å². The van der Waals surface area contributed by atoms with E-state index in [1.807, 2.05) is 0 Å². The Labute approximate surface area is 174 Å². The summed E-state index contributed by atoms with van der Waals surface area (Å²) in [5, 5.41) is 8.02. The van der Waals surface area contributed by atoms with E-state index in [1.54, 1.807) is 26.0 Å². The lowest BCUT2D eigenvalue weighted by Crippen LogP contribution is -2.42. The van der Waals surface area contributed by atoms with Gasteiger partial charge in [0.05, 0.1) is 24.0 Å². The number of halogens is 4. The van der Waals surface area contributed by atoms with Gasteiger partial charge in [-0.15, -0.1) is 4.80 Å². The van der Waals surface area contributed by atoms with Crippen LogP contribution in [0.1, 0.15) is 29.9 Å². The van der Waals surface area contributed by atoms with Gasteiger partial charge in [0.2, 0.25) is 5.88 Å². The van der Waals surface area contributed by atoms with Crippen LogP contribution in [0, 0.1) is 5.82 Å². The van der Waals surface area contributed by atoms with Gasteiger partial charge in [-0.2, -0.15) is 23.4 Å². The van der Waals surface area contributed by atoms with Crippen molar-refractivity contribution in [3.63, 3.8) is 0 Å². The second-order valence-corrected chi connectivity index (χ2v) is 6.45. The monoisotopic (exact) mass is 438 g/mol. The number of nitrogens with zero attached hydrogens (tertiary/aromatic N) is 6. The highest BCUT2D eigenvalue weighted by Crippen LogP contribution is 2.30. The molecule has 0 bridgehead atoms. The number of amides is 1. The zero-order valence-electron chi connectivity index (χ0n) is 16.5. The van der Waals surface area contributed by atoms with Gasteiger partial charge < -0.3 is 9.64 Å². The van der Waals surface area contributed by atoms with Gasteiger partial charge in [0.25, 0.3) is 5.91 Å². The Morgan fingerprint density at radius 3 is 2.55 bits per heavy atom. The van der Waals surface area contributed by atoms with Crippen molar-refractivity contribution in [1.29, 1.82) is 0 Å². The number of hydrogen-bond acceptors (Lipinski definition) is 6. The molecule has 0 aliphatic rings. The number of carbonyl (C=O) groups is 1. The molecule has 0 fully saturated rings. The molecule has 0 aliphatic heterocycles. The van der Waals surface area contributed by atoms with Gasteiger partial charge in [-0.25, -0.2) is 14.4 Å².